The summed E-state index contributed by atoms with van der Waals surface area (Å²) in [7, 11) is 0. The Morgan fingerprint density at radius 1 is 1.42 bits per heavy atom. The summed E-state index contributed by atoms with van der Waals surface area (Å²) in [6, 6.07) is 4.44. The number of alkyl halides is 1. The maximum absolute atomic E-state index is 13.2. The predicted molar refractivity (Wildman–Crippen MR) is 66.4 cm³/mol. The largest absolute Gasteiger partial charge is 0.356 e. The molecule has 6 heteroatoms. The van der Waals surface area contributed by atoms with Gasteiger partial charge in [0.25, 0.3) is 0 Å². The Labute approximate surface area is 131 Å². The normalized spacial score (nSPS) is 10.8. The zero-order valence-corrected chi connectivity index (χ0v) is 13.1. The second-order valence-corrected chi connectivity index (χ2v) is 4.94. The van der Waals surface area contributed by atoms with Gasteiger partial charge in [0.15, 0.2) is 0 Å². The Balaban J connectivity index is 0.00000324. The fraction of sp³-hybridized carbons (Fsp3) is 0.462. The Bertz CT molecular complexity index is 441. The van der Waals surface area contributed by atoms with Crippen molar-refractivity contribution < 1.29 is 35.3 Å². The fourth-order valence-corrected chi connectivity index (χ4v) is 1.40. The van der Waals surface area contributed by atoms with Crippen LogP contribution in [0.15, 0.2) is 12.1 Å². The van der Waals surface area contributed by atoms with Crippen LogP contribution in [0.3, 0.4) is 0 Å². The Morgan fingerprint density at radius 3 is 2.58 bits per heavy atom. The van der Waals surface area contributed by atoms with Crippen molar-refractivity contribution in [3.63, 3.8) is 0 Å². The third kappa shape index (κ3) is 5.59. The molecule has 0 aliphatic heterocycles. The number of hydrogen-bond donors (Lipinski definition) is 1. The monoisotopic (exact) mass is 322 g/mol. The van der Waals surface area contributed by atoms with E-state index in [2.05, 4.69) is 5.32 Å². The maximum Gasteiger partial charge on any atom is 0.226 e. The van der Waals surface area contributed by atoms with Gasteiger partial charge in [-0.15, -0.1) is 29.3 Å². The van der Waals surface area contributed by atoms with E-state index in [1.54, 1.807) is 13.8 Å². The van der Waals surface area contributed by atoms with Gasteiger partial charge < -0.3 is 5.32 Å². The minimum atomic E-state index is -0.733. The zero-order chi connectivity index (χ0) is 13.8. The van der Waals surface area contributed by atoms with Gasteiger partial charge in [-0.25, -0.2) is 8.78 Å². The van der Waals surface area contributed by atoms with Crippen LogP contribution in [-0.2, 0) is 32.9 Å². The molecule has 1 N–H and O–H groups in total. The number of rotatable bonds is 5. The average Bonchev–Trinajstić information content (AvgIpc) is 2.31. The summed E-state index contributed by atoms with van der Waals surface area (Å²) in [5.41, 5.74) is -0.338. The molecule has 0 bridgehead atoms. The van der Waals surface area contributed by atoms with Crippen LogP contribution in [0.5, 0.6) is 0 Å². The summed E-state index contributed by atoms with van der Waals surface area (Å²) in [4.78, 5) is 11.7. The van der Waals surface area contributed by atoms with Crippen LogP contribution in [0.25, 0.3) is 0 Å². The van der Waals surface area contributed by atoms with Crippen LogP contribution in [-0.4, -0.2) is 18.3 Å². The SMILES string of the molecule is CC(C)(CCl)C(=O)NCCc1ccc(F)[c-]c1F.[Ti]. The summed E-state index contributed by atoms with van der Waals surface area (Å²) in [6.45, 7) is 3.72. The van der Waals surface area contributed by atoms with E-state index >= 15 is 0 Å². The first kappa shape index (κ1) is 18.6. The third-order valence-electron chi connectivity index (χ3n) is 2.57. The van der Waals surface area contributed by atoms with E-state index in [1.165, 1.54) is 6.07 Å². The number of carbonyl (C=O) groups is 1. The molecule has 0 spiro atoms. The molecule has 0 saturated carbocycles. The number of carbonyl (C=O) groups excluding carboxylic acids is 1. The number of halogens is 3. The van der Waals surface area contributed by atoms with Crippen molar-refractivity contribution in [1.29, 1.82) is 0 Å². The van der Waals surface area contributed by atoms with Crippen LogP contribution >= 0.6 is 11.6 Å². The van der Waals surface area contributed by atoms with Crippen LogP contribution in [0.2, 0.25) is 0 Å². The molecule has 19 heavy (non-hydrogen) atoms. The Kier molecular flexibility index (Phi) is 7.79. The Morgan fingerprint density at radius 2 is 2.05 bits per heavy atom. The van der Waals surface area contributed by atoms with Gasteiger partial charge in [-0.3, -0.25) is 4.79 Å². The van der Waals surface area contributed by atoms with E-state index in [4.69, 9.17) is 11.6 Å². The first-order valence-electron chi connectivity index (χ1n) is 5.57. The molecule has 0 aromatic heterocycles. The summed E-state index contributed by atoms with van der Waals surface area (Å²) in [5.74, 6) is -1.44. The molecular weight excluding hydrogens is 307 g/mol. The smallest absolute Gasteiger partial charge is 0.226 e. The molecular formula is C13H15ClF2NOTi-. The quantitative estimate of drug-likeness (QED) is 0.504. The van der Waals surface area contributed by atoms with Crippen molar-refractivity contribution in [3.8, 4) is 0 Å². The van der Waals surface area contributed by atoms with Crippen molar-refractivity contribution in [1.82, 2.24) is 5.32 Å². The Hall–Kier alpha value is -0.446. The average molecular weight is 323 g/mol. The molecule has 0 aliphatic rings. The van der Waals surface area contributed by atoms with Crippen molar-refractivity contribution in [2.45, 2.75) is 20.3 Å². The van der Waals surface area contributed by atoms with E-state index in [0.29, 0.717) is 5.56 Å². The number of benzene rings is 1. The van der Waals surface area contributed by atoms with Gasteiger partial charge in [-0.1, -0.05) is 6.42 Å². The molecule has 104 valence electrons. The molecule has 1 rings (SSSR count). The fourth-order valence-electron chi connectivity index (χ4n) is 1.28. The maximum atomic E-state index is 13.2. The molecule has 0 radical (unpaired) electrons. The number of amides is 1. The summed E-state index contributed by atoms with van der Waals surface area (Å²) in [5, 5.41) is 2.67. The second-order valence-electron chi connectivity index (χ2n) is 4.67. The van der Waals surface area contributed by atoms with Crippen LogP contribution in [0.1, 0.15) is 19.4 Å². The number of nitrogens with one attached hydrogen (secondary N) is 1. The molecule has 0 heterocycles. The van der Waals surface area contributed by atoms with E-state index in [-0.39, 0.29) is 46.5 Å². The van der Waals surface area contributed by atoms with Gasteiger partial charge in [0, 0.05) is 45.8 Å². The van der Waals surface area contributed by atoms with Gasteiger partial charge in [-0.2, -0.15) is 6.07 Å². The van der Waals surface area contributed by atoms with Crippen molar-refractivity contribution in [3.05, 3.63) is 35.4 Å². The molecule has 0 atom stereocenters. The summed E-state index contributed by atoms with van der Waals surface area (Å²) < 4.78 is 25.9. The van der Waals surface area contributed by atoms with Crippen molar-refractivity contribution >= 4 is 17.5 Å². The second kappa shape index (κ2) is 7.98. The molecule has 1 aromatic carbocycles. The molecule has 0 aliphatic carbocycles. The summed E-state index contributed by atoms with van der Waals surface area (Å²) >= 11 is 5.66. The molecule has 0 unspecified atom stereocenters. The van der Waals surface area contributed by atoms with Crippen LogP contribution < -0.4 is 5.32 Å². The van der Waals surface area contributed by atoms with E-state index in [0.717, 1.165) is 6.07 Å². The van der Waals surface area contributed by atoms with Gasteiger partial charge in [-0.05, 0) is 13.8 Å². The molecule has 1 aromatic rings. The van der Waals surface area contributed by atoms with Gasteiger partial charge >= 0.3 is 0 Å². The standard InChI is InChI=1S/C13H15ClF2NO.Ti/c1-13(2,8-14)12(18)17-6-5-9-3-4-10(15)7-11(9)16;/h3-4H,5-6,8H2,1-2H3,(H,17,18);/q-1;. The minimum Gasteiger partial charge on any atom is -0.356 e. The van der Waals surface area contributed by atoms with Gasteiger partial charge in [0.1, 0.15) is 0 Å². The van der Waals surface area contributed by atoms with Crippen molar-refractivity contribution in [2.75, 3.05) is 12.4 Å². The van der Waals surface area contributed by atoms with E-state index in [9.17, 15) is 13.6 Å². The molecule has 1 amide bonds. The number of hydrogen-bond acceptors (Lipinski definition) is 1. The van der Waals surface area contributed by atoms with Crippen LogP contribution in [0, 0.1) is 23.1 Å². The van der Waals surface area contributed by atoms with Crippen LogP contribution in [0.4, 0.5) is 8.78 Å². The topological polar surface area (TPSA) is 29.1 Å². The summed E-state index contributed by atoms with van der Waals surface area (Å²) in [6.07, 6.45) is 0.284. The first-order chi connectivity index (χ1) is 8.36. The van der Waals surface area contributed by atoms with Gasteiger partial charge in [0.05, 0.1) is 5.41 Å². The van der Waals surface area contributed by atoms with E-state index < -0.39 is 17.0 Å². The minimum absolute atomic E-state index is 0. The van der Waals surface area contributed by atoms with E-state index in [1.807, 2.05) is 6.07 Å². The third-order valence-corrected chi connectivity index (χ3v) is 3.24. The predicted octanol–water partition coefficient (Wildman–Crippen LogP) is 2.69. The molecule has 0 fully saturated rings. The van der Waals surface area contributed by atoms with Crippen molar-refractivity contribution in [2.24, 2.45) is 5.41 Å². The molecule has 0 saturated heterocycles. The van der Waals surface area contributed by atoms with Gasteiger partial charge in [0.2, 0.25) is 5.91 Å². The molecule has 2 nitrogen and oxygen atoms in total. The first-order valence-corrected chi connectivity index (χ1v) is 6.11. The zero-order valence-electron chi connectivity index (χ0n) is 10.8.